The van der Waals surface area contributed by atoms with E-state index in [0.29, 0.717) is 0 Å². The first-order chi connectivity index (χ1) is 8.18. The predicted octanol–water partition coefficient (Wildman–Crippen LogP) is 5.22. The molecule has 0 bridgehead atoms. The molecule has 0 saturated carbocycles. The lowest BCUT2D eigenvalue weighted by atomic mass is 10.1. The summed E-state index contributed by atoms with van der Waals surface area (Å²) in [7, 11) is 0. The van der Waals surface area contributed by atoms with Crippen molar-refractivity contribution in [3.63, 3.8) is 0 Å². The van der Waals surface area contributed by atoms with Crippen LogP contribution in [0.15, 0.2) is 45.3 Å². The lowest BCUT2D eigenvalue weighted by Crippen LogP contribution is -1.88. The lowest BCUT2D eigenvalue weighted by Gasteiger charge is -2.09. The Morgan fingerprint density at radius 1 is 0.941 bits per heavy atom. The molecule has 0 atom stereocenters. The summed E-state index contributed by atoms with van der Waals surface area (Å²) in [6, 6.07) is 12.3. The molecule has 0 spiro atoms. The van der Waals surface area contributed by atoms with E-state index >= 15 is 0 Å². The van der Waals surface area contributed by atoms with Gasteiger partial charge in [0.25, 0.3) is 0 Å². The summed E-state index contributed by atoms with van der Waals surface area (Å²) >= 11 is 7.27. The number of rotatable bonds is 0. The van der Waals surface area contributed by atoms with Crippen LogP contribution in [-0.4, -0.2) is 4.98 Å². The number of hydrogen-bond donors (Lipinski definition) is 0. The molecule has 0 aliphatic heterocycles. The van der Waals surface area contributed by atoms with E-state index < -0.39 is 0 Å². The van der Waals surface area contributed by atoms with Gasteiger partial charge >= 0.3 is 0 Å². The van der Waals surface area contributed by atoms with Gasteiger partial charge in [-0.25, -0.2) is 4.98 Å². The number of hydrogen-bond acceptors (Lipinski definition) is 1. The topological polar surface area (TPSA) is 12.9 Å². The summed E-state index contributed by atoms with van der Waals surface area (Å²) in [5.74, 6) is 0. The number of aryl methyl sites for hydroxylation is 1. The third-order valence-corrected chi connectivity index (χ3v) is 4.66. The van der Waals surface area contributed by atoms with Crippen molar-refractivity contribution in [2.75, 3.05) is 0 Å². The molecule has 0 radical (unpaired) electrons. The Morgan fingerprint density at radius 2 is 1.71 bits per heavy atom. The highest BCUT2D eigenvalue weighted by molar-refractivity contribution is 9.11. The molecule has 0 N–H and O–H groups in total. The average Bonchev–Trinajstić information content (AvgIpc) is 2.34. The van der Waals surface area contributed by atoms with Gasteiger partial charge in [-0.2, -0.15) is 0 Å². The fourth-order valence-electron chi connectivity index (χ4n) is 2.06. The van der Waals surface area contributed by atoms with Crippen LogP contribution in [-0.2, 0) is 0 Å². The molecule has 3 heteroatoms. The molecule has 17 heavy (non-hydrogen) atoms. The van der Waals surface area contributed by atoms with Crippen LogP contribution in [0.2, 0.25) is 0 Å². The zero-order valence-electron chi connectivity index (χ0n) is 9.17. The normalized spacial score (nSPS) is 11.2. The van der Waals surface area contributed by atoms with Crippen LogP contribution in [0.1, 0.15) is 5.56 Å². The standard InChI is InChI=1S/C14H9Br2N/c1-8-10(15)6-7-12-13(8)14(16)9-4-2-3-5-11(9)17-12/h2-7H,1H3. The van der Waals surface area contributed by atoms with E-state index in [0.717, 1.165) is 25.4 Å². The van der Waals surface area contributed by atoms with Crippen LogP contribution >= 0.6 is 31.9 Å². The van der Waals surface area contributed by atoms with Crippen LogP contribution in [0.4, 0.5) is 0 Å². The largest absolute Gasteiger partial charge is 0.248 e. The van der Waals surface area contributed by atoms with Crippen molar-refractivity contribution in [2.45, 2.75) is 6.92 Å². The first-order valence-corrected chi connectivity index (χ1v) is 6.90. The molecule has 0 aliphatic carbocycles. The van der Waals surface area contributed by atoms with Crippen molar-refractivity contribution in [1.82, 2.24) is 4.98 Å². The summed E-state index contributed by atoms with van der Waals surface area (Å²) in [4.78, 5) is 4.69. The molecule has 1 heterocycles. The van der Waals surface area contributed by atoms with Crippen molar-refractivity contribution >= 4 is 53.7 Å². The Bertz CT molecular complexity index is 735. The van der Waals surface area contributed by atoms with E-state index in [4.69, 9.17) is 0 Å². The van der Waals surface area contributed by atoms with Crippen LogP contribution in [0.5, 0.6) is 0 Å². The van der Waals surface area contributed by atoms with Gasteiger partial charge in [0, 0.05) is 19.7 Å². The molecule has 3 rings (SSSR count). The van der Waals surface area contributed by atoms with Gasteiger partial charge in [0.2, 0.25) is 0 Å². The number of fused-ring (bicyclic) bond motifs is 2. The Kier molecular flexibility index (Phi) is 2.68. The smallest absolute Gasteiger partial charge is 0.0724 e. The fourth-order valence-corrected chi connectivity index (χ4v) is 3.23. The Labute approximate surface area is 116 Å². The lowest BCUT2D eigenvalue weighted by molar-refractivity contribution is 1.43. The van der Waals surface area contributed by atoms with Crippen LogP contribution in [0.25, 0.3) is 21.8 Å². The van der Waals surface area contributed by atoms with Crippen molar-refractivity contribution in [3.8, 4) is 0 Å². The van der Waals surface area contributed by atoms with E-state index in [9.17, 15) is 0 Å². The summed E-state index contributed by atoms with van der Waals surface area (Å²) in [5.41, 5.74) is 3.26. The molecule has 0 fully saturated rings. The van der Waals surface area contributed by atoms with E-state index in [1.165, 1.54) is 10.9 Å². The second kappa shape index (κ2) is 4.07. The second-order valence-corrected chi connectivity index (χ2v) is 5.66. The maximum Gasteiger partial charge on any atom is 0.0724 e. The average molecular weight is 351 g/mol. The molecule has 0 amide bonds. The summed E-state index contributed by atoms with van der Waals surface area (Å²) in [6.45, 7) is 2.10. The van der Waals surface area contributed by atoms with E-state index in [-0.39, 0.29) is 0 Å². The predicted molar refractivity (Wildman–Crippen MR) is 79.4 cm³/mol. The molecule has 0 unspecified atom stereocenters. The van der Waals surface area contributed by atoms with Gasteiger partial charge in [0.15, 0.2) is 0 Å². The number of pyridine rings is 1. The quantitative estimate of drug-likeness (QED) is 0.506. The minimum atomic E-state index is 1.02. The SMILES string of the molecule is Cc1c(Br)ccc2nc3ccccc3c(Br)c12. The fraction of sp³-hybridized carbons (Fsp3) is 0.0714. The molecular formula is C14H9Br2N. The Morgan fingerprint density at radius 3 is 2.53 bits per heavy atom. The van der Waals surface area contributed by atoms with Crippen LogP contribution in [0, 0.1) is 6.92 Å². The van der Waals surface area contributed by atoms with Crippen molar-refractivity contribution in [3.05, 3.63) is 50.9 Å². The molecule has 1 aromatic heterocycles. The first kappa shape index (κ1) is 11.2. The van der Waals surface area contributed by atoms with Crippen LogP contribution < -0.4 is 0 Å². The first-order valence-electron chi connectivity index (χ1n) is 5.31. The van der Waals surface area contributed by atoms with Gasteiger partial charge in [-0.1, -0.05) is 34.1 Å². The van der Waals surface area contributed by atoms with Crippen molar-refractivity contribution in [1.29, 1.82) is 0 Å². The highest BCUT2D eigenvalue weighted by atomic mass is 79.9. The third-order valence-electron chi connectivity index (χ3n) is 2.98. The van der Waals surface area contributed by atoms with Gasteiger partial charge in [-0.3, -0.25) is 0 Å². The number of para-hydroxylation sites is 1. The maximum atomic E-state index is 4.69. The molecule has 0 aliphatic rings. The van der Waals surface area contributed by atoms with E-state index in [1.807, 2.05) is 30.3 Å². The zero-order valence-corrected chi connectivity index (χ0v) is 12.3. The Hall–Kier alpha value is -0.930. The number of halogens is 2. The van der Waals surface area contributed by atoms with Gasteiger partial charge in [-0.15, -0.1) is 0 Å². The number of aromatic nitrogens is 1. The molecular weight excluding hydrogens is 342 g/mol. The molecule has 3 aromatic rings. The highest BCUT2D eigenvalue weighted by Crippen LogP contribution is 2.35. The second-order valence-electron chi connectivity index (χ2n) is 4.01. The van der Waals surface area contributed by atoms with Crippen LogP contribution in [0.3, 0.4) is 0 Å². The van der Waals surface area contributed by atoms with Crippen molar-refractivity contribution < 1.29 is 0 Å². The molecule has 84 valence electrons. The zero-order chi connectivity index (χ0) is 12.0. The maximum absolute atomic E-state index is 4.69. The third kappa shape index (κ3) is 1.69. The number of benzene rings is 2. The summed E-state index contributed by atoms with van der Waals surface area (Å²) in [5, 5.41) is 2.33. The monoisotopic (exact) mass is 349 g/mol. The van der Waals surface area contributed by atoms with Gasteiger partial charge in [0.05, 0.1) is 11.0 Å². The summed E-state index contributed by atoms with van der Waals surface area (Å²) in [6.07, 6.45) is 0. The van der Waals surface area contributed by atoms with E-state index in [2.05, 4.69) is 49.8 Å². The van der Waals surface area contributed by atoms with Gasteiger partial charge in [-0.05, 0) is 46.6 Å². The minimum absolute atomic E-state index is 1.02. The number of nitrogens with zero attached hydrogens (tertiary/aromatic N) is 1. The minimum Gasteiger partial charge on any atom is -0.248 e. The molecule has 0 saturated heterocycles. The van der Waals surface area contributed by atoms with Gasteiger partial charge < -0.3 is 0 Å². The van der Waals surface area contributed by atoms with Crippen molar-refractivity contribution in [2.24, 2.45) is 0 Å². The highest BCUT2D eigenvalue weighted by Gasteiger charge is 2.10. The molecule has 2 aromatic carbocycles. The van der Waals surface area contributed by atoms with Gasteiger partial charge in [0.1, 0.15) is 0 Å². The molecule has 1 nitrogen and oxygen atoms in total. The van der Waals surface area contributed by atoms with E-state index in [1.54, 1.807) is 0 Å². The Balaban J connectivity index is 2.60. The summed E-state index contributed by atoms with van der Waals surface area (Å²) < 4.78 is 2.24.